The molecule has 0 saturated carbocycles. The van der Waals surface area contributed by atoms with E-state index in [4.69, 9.17) is 9.84 Å². The standard InChI is InChI=1S/C24H27N7O2/c1-5-23-17-7-9-21-18-12-16(6-8-20(18)26-27-21)19-13-25-30(4)24(19)33-11-10-31(15(2)32)14-22(17)28-29(23)3/h6-9,12-13H,5,10-11,14H2,1-4H3,(H,26,27)/b9-7+. The summed E-state index contributed by atoms with van der Waals surface area (Å²) in [5.41, 5.74) is 6.71. The Labute approximate surface area is 191 Å². The molecule has 1 aliphatic heterocycles. The number of benzene rings is 1. The fourth-order valence-electron chi connectivity index (χ4n) is 4.43. The molecule has 1 N–H and O–H groups in total. The molecule has 0 aliphatic carbocycles. The normalized spacial score (nSPS) is 15.0. The van der Waals surface area contributed by atoms with Gasteiger partial charge in [-0.1, -0.05) is 13.0 Å². The van der Waals surface area contributed by atoms with Crippen LogP contribution in [-0.4, -0.2) is 53.7 Å². The zero-order valence-corrected chi connectivity index (χ0v) is 19.3. The number of fused-ring (bicyclic) bond motifs is 4. The predicted molar refractivity (Wildman–Crippen MR) is 126 cm³/mol. The van der Waals surface area contributed by atoms with Crippen LogP contribution >= 0.6 is 0 Å². The lowest BCUT2D eigenvalue weighted by molar-refractivity contribution is -0.129. The molecule has 0 fully saturated rings. The molecule has 0 spiro atoms. The number of hydrogen-bond donors (Lipinski definition) is 1. The third-order valence-corrected chi connectivity index (χ3v) is 6.20. The van der Waals surface area contributed by atoms with Crippen LogP contribution in [0.15, 0.2) is 24.4 Å². The van der Waals surface area contributed by atoms with Gasteiger partial charge in [-0.05, 0) is 36.3 Å². The first-order valence-electron chi connectivity index (χ1n) is 11.1. The molecule has 4 heterocycles. The molecular formula is C24H27N7O2. The molecule has 0 radical (unpaired) electrons. The minimum absolute atomic E-state index is 0.0197. The van der Waals surface area contributed by atoms with Gasteiger partial charge in [0.15, 0.2) is 0 Å². The smallest absolute Gasteiger partial charge is 0.219 e. The minimum atomic E-state index is -0.0197. The van der Waals surface area contributed by atoms with Crippen molar-refractivity contribution in [3.63, 3.8) is 0 Å². The van der Waals surface area contributed by atoms with E-state index < -0.39 is 0 Å². The van der Waals surface area contributed by atoms with Gasteiger partial charge in [0, 0.05) is 37.7 Å². The van der Waals surface area contributed by atoms with Crippen molar-refractivity contribution in [2.45, 2.75) is 26.8 Å². The third kappa shape index (κ3) is 3.69. The maximum atomic E-state index is 12.4. The van der Waals surface area contributed by atoms with Crippen LogP contribution in [-0.2, 0) is 31.9 Å². The van der Waals surface area contributed by atoms with Gasteiger partial charge in [-0.2, -0.15) is 15.3 Å². The summed E-state index contributed by atoms with van der Waals surface area (Å²) in [6, 6.07) is 6.13. The van der Waals surface area contributed by atoms with Crippen molar-refractivity contribution in [1.29, 1.82) is 0 Å². The van der Waals surface area contributed by atoms with Crippen LogP contribution < -0.4 is 4.74 Å². The van der Waals surface area contributed by atoms with Gasteiger partial charge in [0.2, 0.25) is 11.8 Å². The summed E-state index contributed by atoms with van der Waals surface area (Å²) in [7, 11) is 3.80. The molecule has 0 saturated heterocycles. The van der Waals surface area contributed by atoms with Crippen LogP contribution in [0.4, 0.5) is 0 Å². The summed E-state index contributed by atoms with van der Waals surface area (Å²) < 4.78 is 9.76. The Kier molecular flexibility index (Phi) is 5.24. The van der Waals surface area contributed by atoms with Crippen LogP contribution in [0.3, 0.4) is 0 Å². The van der Waals surface area contributed by atoms with Crippen molar-refractivity contribution in [2.24, 2.45) is 14.1 Å². The number of carbonyl (C=O) groups is 1. The van der Waals surface area contributed by atoms with Crippen LogP contribution in [0.1, 0.15) is 36.5 Å². The Hall–Kier alpha value is -3.88. The fourth-order valence-corrected chi connectivity index (χ4v) is 4.43. The quantitative estimate of drug-likeness (QED) is 0.486. The number of amides is 1. The molecule has 170 valence electrons. The first-order chi connectivity index (χ1) is 16.0. The molecular weight excluding hydrogens is 418 g/mol. The predicted octanol–water partition coefficient (Wildman–Crippen LogP) is 3.17. The maximum absolute atomic E-state index is 12.4. The van der Waals surface area contributed by atoms with Gasteiger partial charge in [0.1, 0.15) is 6.61 Å². The summed E-state index contributed by atoms with van der Waals surface area (Å²) in [6.45, 7) is 4.90. The topological polar surface area (TPSA) is 93.9 Å². The Morgan fingerprint density at radius 1 is 1.21 bits per heavy atom. The molecule has 0 unspecified atom stereocenters. The highest BCUT2D eigenvalue weighted by Crippen LogP contribution is 2.33. The van der Waals surface area contributed by atoms with Crippen LogP contribution in [0.2, 0.25) is 0 Å². The summed E-state index contributed by atoms with van der Waals surface area (Å²) in [5, 5.41) is 17.8. The van der Waals surface area contributed by atoms with E-state index in [9.17, 15) is 4.79 Å². The van der Waals surface area contributed by atoms with E-state index in [1.165, 1.54) is 0 Å². The Morgan fingerprint density at radius 2 is 2.06 bits per heavy atom. The van der Waals surface area contributed by atoms with E-state index in [0.29, 0.717) is 25.6 Å². The van der Waals surface area contributed by atoms with Crippen molar-refractivity contribution >= 4 is 29.0 Å². The fraction of sp³-hybridized carbons (Fsp3) is 0.333. The zero-order chi connectivity index (χ0) is 23.1. The van der Waals surface area contributed by atoms with Crippen LogP contribution in [0.25, 0.3) is 34.2 Å². The molecule has 9 heteroatoms. The van der Waals surface area contributed by atoms with Gasteiger partial charge in [0.25, 0.3) is 0 Å². The molecule has 9 nitrogen and oxygen atoms in total. The van der Waals surface area contributed by atoms with E-state index in [1.54, 1.807) is 22.7 Å². The molecule has 3 aromatic heterocycles. The Bertz CT molecular complexity index is 1380. The number of aromatic amines is 1. The number of aromatic nitrogens is 6. The second-order valence-corrected chi connectivity index (χ2v) is 8.26. The van der Waals surface area contributed by atoms with Crippen LogP contribution in [0.5, 0.6) is 5.88 Å². The minimum Gasteiger partial charge on any atom is -0.476 e. The number of ether oxygens (including phenoxy) is 1. The largest absolute Gasteiger partial charge is 0.476 e. The lowest BCUT2D eigenvalue weighted by Crippen LogP contribution is -2.33. The number of hydrogen-bond acceptors (Lipinski definition) is 5. The first kappa shape index (κ1) is 21.0. The highest BCUT2D eigenvalue weighted by atomic mass is 16.5. The van der Waals surface area contributed by atoms with Crippen molar-refractivity contribution in [3.05, 3.63) is 47.0 Å². The highest BCUT2D eigenvalue weighted by molar-refractivity contribution is 5.93. The van der Waals surface area contributed by atoms with Gasteiger partial charge in [0.05, 0.1) is 41.8 Å². The van der Waals surface area contributed by atoms with Crippen molar-refractivity contribution in [3.8, 4) is 17.0 Å². The molecule has 33 heavy (non-hydrogen) atoms. The monoisotopic (exact) mass is 445 g/mol. The van der Waals surface area contributed by atoms with Crippen molar-refractivity contribution in [2.75, 3.05) is 13.2 Å². The molecule has 1 aliphatic rings. The molecule has 1 aromatic carbocycles. The number of nitrogens with one attached hydrogen (secondary N) is 1. The van der Waals surface area contributed by atoms with Gasteiger partial charge >= 0.3 is 0 Å². The van der Waals surface area contributed by atoms with Gasteiger partial charge in [-0.25, -0.2) is 4.68 Å². The van der Waals surface area contributed by atoms with Crippen molar-refractivity contribution in [1.82, 2.24) is 34.7 Å². The zero-order valence-electron chi connectivity index (χ0n) is 19.3. The molecule has 2 bridgehead atoms. The summed E-state index contributed by atoms with van der Waals surface area (Å²) in [6.07, 6.45) is 6.75. The molecule has 4 aromatic rings. The lowest BCUT2D eigenvalue weighted by Gasteiger charge is -2.21. The van der Waals surface area contributed by atoms with E-state index in [-0.39, 0.29) is 5.91 Å². The molecule has 1 amide bonds. The van der Waals surface area contributed by atoms with Gasteiger partial charge < -0.3 is 9.64 Å². The third-order valence-electron chi connectivity index (χ3n) is 6.20. The summed E-state index contributed by atoms with van der Waals surface area (Å²) >= 11 is 0. The SMILES string of the molecule is CCc1c2c(nn1C)CN(C(C)=O)CCOc1c(cnn1C)-c1ccc3n[nH]c(c3c1)/C=C/2. The van der Waals surface area contributed by atoms with Gasteiger partial charge in [-0.15, -0.1) is 0 Å². The van der Waals surface area contributed by atoms with Crippen molar-refractivity contribution < 1.29 is 9.53 Å². The first-order valence-corrected chi connectivity index (χ1v) is 11.1. The number of rotatable bonds is 1. The Balaban J connectivity index is 1.69. The van der Waals surface area contributed by atoms with E-state index in [2.05, 4.69) is 34.4 Å². The summed E-state index contributed by atoms with van der Waals surface area (Å²) in [5.74, 6) is 0.647. The molecule has 5 rings (SSSR count). The second kappa shape index (κ2) is 8.23. The average molecular weight is 446 g/mol. The van der Waals surface area contributed by atoms with E-state index in [0.717, 1.165) is 51.1 Å². The van der Waals surface area contributed by atoms with Crippen LogP contribution in [0, 0.1) is 0 Å². The second-order valence-electron chi connectivity index (χ2n) is 8.26. The summed E-state index contributed by atoms with van der Waals surface area (Å²) in [4.78, 5) is 14.2. The Morgan fingerprint density at radius 3 is 2.85 bits per heavy atom. The number of H-pyrrole nitrogens is 1. The van der Waals surface area contributed by atoms with E-state index >= 15 is 0 Å². The van der Waals surface area contributed by atoms with Gasteiger partial charge in [-0.3, -0.25) is 14.6 Å². The highest BCUT2D eigenvalue weighted by Gasteiger charge is 2.20. The maximum Gasteiger partial charge on any atom is 0.219 e. The number of carbonyl (C=O) groups excluding carboxylic acids is 1. The lowest BCUT2D eigenvalue weighted by atomic mass is 10.0. The average Bonchev–Trinajstić information content (AvgIpc) is 3.45. The molecule has 0 atom stereocenters. The van der Waals surface area contributed by atoms with E-state index in [1.807, 2.05) is 37.0 Å². The number of nitrogens with zero attached hydrogens (tertiary/aromatic N) is 6. The number of aryl methyl sites for hydroxylation is 2.